The average Bonchev–Trinajstić information content (AvgIpc) is 2.58. The Morgan fingerprint density at radius 1 is 1.04 bits per heavy atom. The van der Waals surface area contributed by atoms with Gasteiger partial charge in [-0.15, -0.1) is 11.6 Å². The number of benzene rings is 2. The molecule has 0 heterocycles. The summed E-state index contributed by atoms with van der Waals surface area (Å²) >= 11 is 0. The zero-order chi connectivity index (χ0) is 17.1. The van der Waals surface area contributed by atoms with E-state index in [2.05, 4.69) is 0 Å². The maximum atomic E-state index is 12.7. The number of hydrogen-bond acceptors (Lipinski definition) is 4. The van der Waals surface area contributed by atoms with E-state index in [0.29, 0.717) is 22.3 Å². The van der Waals surface area contributed by atoms with E-state index < -0.39 is 5.60 Å². The Bertz CT molecular complexity index is 931. The van der Waals surface area contributed by atoms with Crippen LogP contribution in [0.3, 0.4) is 0 Å². The van der Waals surface area contributed by atoms with Gasteiger partial charge in [0.1, 0.15) is 5.60 Å². The molecule has 0 aromatic heterocycles. The topological polar surface area (TPSA) is 71.4 Å². The fourth-order valence-electron chi connectivity index (χ4n) is 3.48. The molecular formula is C20H15O4W-. The number of rotatable bonds is 1. The van der Waals surface area contributed by atoms with Crippen molar-refractivity contribution in [2.24, 2.45) is 0 Å². The van der Waals surface area contributed by atoms with Gasteiger partial charge < -0.3 is 5.11 Å². The first-order chi connectivity index (χ1) is 11.4. The molecule has 0 fully saturated rings. The summed E-state index contributed by atoms with van der Waals surface area (Å²) < 4.78 is 0. The SMILES string of the molecule is CC(=O)C1(O)C[CH-]c2cc3c(cc2C1)C(=O)c1ccccc1C3=O.[W]. The van der Waals surface area contributed by atoms with E-state index >= 15 is 0 Å². The maximum Gasteiger partial charge on any atom is 0.192 e. The molecule has 2 aliphatic rings. The van der Waals surface area contributed by atoms with Crippen molar-refractivity contribution in [1.82, 2.24) is 0 Å². The zero-order valence-corrected chi connectivity index (χ0v) is 16.5. The third-order valence-electron chi connectivity index (χ3n) is 4.98. The molecule has 4 nitrogen and oxygen atoms in total. The molecule has 0 aliphatic heterocycles. The molecule has 0 spiro atoms. The van der Waals surface area contributed by atoms with Gasteiger partial charge >= 0.3 is 0 Å². The summed E-state index contributed by atoms with van der Waals surface area (Å²) in [6.07, 6.45) is 2.14. The molecule has 4 rings (SSSR count). The molecule has 0 radical (unpaired) electrons. The van der Waals surface area contributed by atoms with Crippen LogP contribution < -0.4 is 0 Å². The first-order valence-electron chi connectivity index (χ1n) is 7.83. The second kappa shape index (κ2) is 6.05. The first-order valence-corrected chi connectivity index (χ1v) is 7.83. The molecule has 1 unspecified atom stereocenters. The van der Waals surface area contributed by atoms with Crippen molar-refractivity contribution in [3.05, 3.63) is 76.2 Å². The molecule has 2 aliphatic carbocycles. The second-order valence-electron chi connectivity index (χ2n) is 6.47. The molecule has 0 saturated carbocycles. The van der Waals surface area contributed by atoms with Crippen LogP contribution in [0.5, 0.6) is 0 Å². The fourth-order valence-corrected chi connectivity index (χ4v) is 3.48. The molecule has 1 atom stereocenters. The minimum Gasteiger partial charge on any atom is -0.384 e. The first kappa shape index (κ1) is 17.8. The van der Waals surface area contributed by atoms with Gasteiger partial charge in [0, 0.05) is 37.8 Å². The minimum absolute atomic E-state index is 0. The predicted molar refractivity (Wildman–Crippen MR) is 87.1 cm³/mol. The van der Waals surface area contributed by atoms with Crippen LogP contribution in [0.1, 0.15) is 56.3 Å². The van der Waals surface area contributed by atoms with Crippen LogP contribution in [0.25, 0.3) is 0 Å². The maximum absolute atomic E-state index is 12.7. The predicted octanol–water partition coefficient (Wildman–Crippen LogP) is 2.28. The summed E-state index contributed by atoms with van der Waals surface area (Å²) in [7, 11) is 0. The second-order valence-corrected chi connectivity index (χ2v) is 6.47. The van der Waals surface area contributed by atoms with Crippen LogP contribution in [-0.2, 0) is 32.3 Å². The molecule has 1 N–H and O–H groups in total. The molecule has 0 saturated heterocycles. The van der Waals surface area contributed by atoms with Crippen molar-refractivity contribution in [2.75, 3.05) is 0 Å². The normalized spacial score (nSPS) is 20.6. The van der Waals surface area contributed by atoms with Crippen LogP contribution >= 0.6 is 0 Å². The zero-order valence-electron chi connectivity index (χ0n) is 13.5. The molecule has 25 heavy (non-hydrogen) atoms. The van der Waals surface area contributed by atoms with Gasteiger partial charge in [-0.3, -0.25) is 14.4 Å². The van der Waals surface area contributed by atoms with E-state index in [9.17, 15) is 19.5 Å². The monoisotopic (exact) mass is 503 g/mol. The number of carbonyl (C=O) groups excluding carboxylic acids is 3. The van der Waals surface area contributed by atoms with Crippen LogP contribution in [0, 0.1) is 6.42 Å². The van der Waals surface area contributed by atoms with Gasteiger partial charge in [0.05, 0.1) is 0 Å². The molecule has 126 valence electrons. The van der Waals surface area contributed by atoms with E-state index in [1.807, 2.05) is 0 Å². The Morgan fingerprint density at radius 2 is 1.60 bits per heavy atom. The van der Waals surface area contributed by atoms with Gasteiger partial charge in [-0.2, -0.15) is 18.1 Å². The van der Waals surface area contributed by atoms with E-state index in [0.717, 1.165) is 11.1 Å². The van der Waals surface area contributed by atoms with Gasteiger partial charge in [-0.25, -0.2) is 0 Å². The smallest absolute Gasteiger partial charge is 0.192 e. The van der Waals surface area contributed by atoms with Crippen molar-refractivity contribution >= 4 is 17.3 Å². The summed E-state index contributed by atoms with van der Waals surface area (Å²) in [5.74, 6) is -0.654. The minimum atomic E-state index is -1.43. The van der Waals surface area contributed by atoms with Crippen LogP contribution in [0.4, 0.5) is 0 Å². The molecule has 5 heteroatoms. The van der Waals surface area contributed by atoms with Gasteiger partial charge in [0.25, 0.3) is 0 Å². The Kier molecular flexibility index (Phi) is 4.30. The Morgan fingerprint density at radius 3 is 2.16 bits per heavy atom. The van der Waals surface area contributed by atoms with Gasteiger partial charge in [0.15, 0.2) is 17.3 Å². The summed E-state index contributed by atoms with van der Waals surface area (Å²) in [4.78, 5) is 37.2. The number of carbonyl (C=O) groups is 3. The summed E-state index contributed by atoms with van der Waals surface area (Å²) in [5, 5.41) is 10.4. The van der Waals surface area contributed by atoms with Crippen LogP contribution in [0.2, 0.25) is 0 Å². The standard InChI is InChI=1S/C20H15O4.W/c1-11(21)20(24)7-6-12-8-16-17(9-13(12)10-20)19(23)15-5-3-2-4-14(15)18(16)22;/h2-6,8-9,24H,7,10H2,1H3;/q-1;. The molecule has 2 aromatic rings. The number of fused-ring (bicyclic) bond motifs is 3. The Labute approximate surface area is 159 Å². The Hall–Kier alpha value is -2.03. The van der Waals surface area contributed by atoms with Gasteiger partial charge in [-0.05, 0) is 25.3 Å². The third-order valence-corrected chi connectivity index (χ3v) is 4.98. The van der Waals surface area contributed by atoms with Crippen molar-refractivity contribution in [3.8, 4) is 0 Å². The number of aliphatic hydroxyl groups is 1. The third kappa shape index (κ3) is 2.61. The fraction of sp³-hybridized carbons (Fsp3) is 0.200. The van der Waals surface area contributed by atoms with Crippen molar-refractivity contribution in [2.45, 2.75) is 25.4 Å². The van der Waals surface area contributed by atoms with Crippen LogP contribution in [0.15, 0.2) is 36.4 Å². The van der Waals surface area contributed by atoms with Crippen molar-refractivity contribution in [1.29, 1.82) is 0 Å². The van der Waals surface area contributed by atoms with E-state index in [1.165, 1.54) is 6.92 Å². The average molecular weight is 503 g/mol. The van der Waals surface area contributed by atoms with Crippen molar-refractivity contribution < 1.29 is 40.6 Å². The molecule has 2 aromatic carbocycles. The summed E-state index contributed by atoms with van der Waals surface area (Å²) in [6.45, 7) is 1.36. The van der Waals surface area contributed by atoms with E-state index in [-0.39, 0.29) is 51.3 Å². The van der Waals surface area contributed by atoms with Gasteiger partial charge in [0.2, 0.25) is 0 Å². The van der Waals surface area contributed by atoms with E-state index in [4.69, 9.17) is 0 Å². The largest absolute Gasteiger partial charge is 0.384 e. The molecule has 0 amide bonds. The van der Waals surface area contributed by atoms with Gasteiger partial charge in [-0.1, -0.05) is 24.3 Å². The summed E-state index contributed by atoms with van der Waals surface area (Å²) in [6, 6.07) is 10.2. The molecular weight excluding hydrogens is 488 g/mol. The number of Topliss-reactive ketones (excluding diaryl/α,β-unsaturated/α-hetero) is 1. The van der Waals surface area contributed by atoms with E-state index in [1.54, 1.807) is 42.8 Å². The molecule has 0 bridgehead atoms. The number of ketones is 3. The Balaban J connectivity index is 0.00000182. The van der Waals surface area contributed by atoms with Crippen molar-refractivity contribution in [3.63, 3.8) is 0 Å². The number of hydrogen-bond donors (Lipinski definition) is 1. The van der Waals surface area contributed by atoms with Crippen LogP contribution in [-0.4, -0.2) is 28.1 Å². The summed E-state index contributed by atoms with van der Waals surface area (Å²) in [5.41, 5.74) is 1.66. The quantitative estimate of drug-likeness (QED) is 0.518.